The number of aliphatic hydroxyl groups is 1. The third kappa shape index (κ3) is 2.89. The number of carbonyl (C=O) groups is 2. The van der Waals surface area contributed by atoms with Gasteiger partial charge >= 0.3 is 0 Å². The number of ether oxygens (including phenoxy) is 1. The first kappa shape index (κ1) is 16.8. The van der Waals surface area contributed by atoms with Crippen LogP contribution in [0.1, 0.15) is 38.3 Å². The molecular formula is C19H20N2O5. The molecule has 0 spiro atoms. The molecule has 7 nitrogen and oxygen atoms in total. The molecule has 7 heteroatoms. The van der Waals surface area contributed by atoms with Gasteiger partial charge in [0.2, 0.25) is 0 Å². The number of furan rings is 1. The zero-order valence-corrected chi connectivity index (χ0v) is 14.3. The molecule has 2 amide bonds. The molecule has 4 atom stereocenters. The number of hydrogen-bond acceptors (Lipinski definition) is 5. The Kier molecular flexibility index (Phi) is 4.26. The molecule has 2 aliphatic rings. The minimum absolute atomic E-state index is 0.0121. The zero-order chi connectivity index (χ0) is 18.3. The summed E-state index contributed by atoms with van der Waals surface area (Å²) >= 11 is 0. The van der Waals surface area contributed by atoms with Crippen LogP contribution < -0.4 is 10.6 Å². The molecule has 136 valence electrons. The van der Waals surface area contributed by atoms with Crippen LogP contribution in [0.4, 0.5) is 0 Å². The summed E-state index contributed by atoms with van der Waals surface area (Å²) in [6.45, 7) is 1.31. The van der Waals surface area contributed by atoms with Gasteiger partial charge in [0.05, 0.1) is 18.8 Å². The van der Waals surface area contributed by atoms with Crippen LogP contribution in [-0.4, -0.2) is 43.2 Å². The highest BCUT2D eigenvalue weighted by atomic mass is 16.5. The highest BCUT2D eigenvalue weighted by molar-refractivity contribution is 5.99. The van der Waals surface area contributed by atoms with E-state index >= 15 is 0 Å². The van der Waals surface area contributed by atoms with Crippen molar-refractivity contribution in [1.29, 1.82) is 0 Å². The molecule has 26 heavy (non-hydrogen) atoms. The van der Waals surface area contributed by atoms with E-state index in [4.69, 9.17) is 9.15 Å². The van der Waals surface area contributed by atoms with E-state index in [1.165, 1.54) is 13.1 Å². The van der Waals surface area contributed by atoms with E-state index in [2.05, 4.69) is 10.6 Å². The predicted molar refractivity (Wildman–Crippen MR) is 91.7 cm³/mol. The average molecular weight is 356 g/mol. The minimum atomic E-state index is -1.14. The second-order valence-corrected chi connectivity index (χ2v) is 6.65. The van der Waals surface area contributed by atoms with Crippen molar-refractivity contribution in [1.82, 2.24) is 10.6 Å². The maximum Gasteiger partial charge on any atom is 0.286 e. The summed E-state index contributed by atoms with van der Waals surface area (Å²) in [5.74, 6) is -0.0506. The lowest BCUT2D eigenvalue weighted by molar-refractivity contribution is 0.0907. The van der Waals surface area contributed by atoms with Gasteiger partial charge in [-0.25, -0.2) is 0 Å². The average Bonchev–Trinajstić information content (AvgIpc) is 3.07. The van der Waals surface area contributed by atoms with Crippen LogP contribution in [0.25, 0.3) is 0 Å². The summed E-state index contributed by atoms with van der Waals surface area (Å²) in [5.41, 5.74) is 0.752. The highest BCUT2D eigenvalue weighted by Crippen LogP contribution is 2.44. The number of nitrogens with one attached hydrogen (secondary N) is 2. The van der Waals surface area contributed by atoms with Crippen LogP contribution in [0.2, 0.25) is 0 Å². The fraction of sp³-hybridized carbons (Fsp3) is 0.368. The van der Waals surface area contributed by atoms with E-state index in [-0.39, 0.29) is 29.0 Å². The lowest BCUT2D eigenvalue weighted by Crippen LogP contribution is -2.30. The Bertz CT molecular complexity index is 822. The van der Waals surface area contributed by atoms with Gasteiger partial charge in [-0.1, -0.05) is 30.3 Å². The summed E-state index contributed by atoms with van der Waals surface area (Å²) in [6, 6.07) is 10.3. The normalized spacial score (nSPS) is 24.6. The van der Waals surface area contributed by atoms with Crippen molar-refractivity contribution < 1.29 is 23.8 Å². The number of rotatable bonds is 5. The topological polar surface area (TPSA) is 101 Å². The monoisotopic (exact) mass is 356 g/mol. The molecular weight excluding hydrogens is 336 g/mol. The molecule has 1 aromatic carbocycles. The minimum Gasteiger partial charge on any atom is -0.452 e. The van der Waals surface area contributed by atoms with Gasteiger partial charge in [-0.2, -0.15) is 0 Å². The van der Waals surface area contributed by atoms with Crippen LogP contribution in [0, 0.1) is 11.8 Å². The molecule has 0 bridgehead atoms. The van der Waals surface area contributed by atoms with Crippen molar-refractivity contribution in [2.45, 2.75) is 12.1 Å². The number of hydrogen-bond donors (Lipinski definition) is 3. The standard InChI is InChI=1S/C19H20N2O5/c1-20-19(24)14-7-11(18(23)21-15-12-8-25-9-13(12)15)17(26-14)16(22)10-5-3-2-4-6-10/h2-7,12-13,15-16,22H,8-9H2,1H3,(H,20,24)(H,21,23)/t12-,13+,15?,16?. The Labute approximate surface area is 150 Å². The summed E-state index contributed by atoms with van der Waals surface area (Å²) in [6.07, 6.45) is -1.14. The summed E-state index contributed by atoms with van der Waals surface area (Å²) in [7, 11) is 1.48. The summed E-state index contributed by atoms with van der Waals surface area (Å²) in [4.78, 5) is 24.7. The van der Waals surface area contributed by atoms with Gasteiger partial charge in [0.1, 0.15) is 6.10 Å². The number of aliphatic hydroxyl groups excluding tert-OH is 1. The van der Waals surface area contributed by atoms with Crippen molar-refractivity contribution in [3.8, 4) is 0 Å². The van der Waals surface area contributed by atoms with Gasteiger partial charge < -0.3 is 24.9 Å². The Balaban J connectivity index is 1.62. The first-order valence-corrected chi connectivity index (χ1v) is 8.57. The largest absolute Gasteiger partial charge is 0.452 e. The molecule has 2 unspecified atom stereocenters. The van der Waals surface area contributed by atoms with E-state index in [0.29, 0.717) is 30.6 Å². The van der Waals surface area contributed by atoms with E-state index in [0.717, 1.165) is 0 Å². The van der Waals surface area contributed by atoms with E-state index in [9.17, 15) is 14.7 Å². The summed E-state index contributed by atoms with van der Waals surface area (Å²) in [5, 5.41) is 16.1. The summed E-state index contributed by atoms with van der Waals surface area (Å²) < 4.78 is 10.9. The lowest BCUT2D eigenvalue weighted by Gasteiger charge is -2.11. The van der Waals surface area contributed by atoms with Gasteiger partial charge in [-0.15, -0.1) is 0 Å². The van der Waals surface area contributed by atoms with Gasteiger partial charge in [0, 0.05) is 31.0 Å². The van der Waals surface area contributed by atoms with Crippen LogP contribution >= 0.6 is 0 Å². The molecule has 3 N–H and O–H groups in total. The third-order valence-corrected chi connectivity index (χ3v) is 5.07. The molecule has 1 saturated carbocycles. The van der Waals surface area contributed by atoms with Crippen molar-refractivity contribution >= 4 is 11.8 Å². The van der Waals surface area contributed by atoms with Crippen LogP contribution in [0.15, 0.2) is 40.8 Å². The smallest absolute Gasteiger partial charge is 0.286 e. The van der Waals surface area contributed by atoms with Crippen molar-refractivity contribution in [2.75, 3.05) is 20.3 Å². The number of fused-ring (bicyclic) bond motifs is 1. The Morgan fingerprint density at radius 2 is 1.85 bits per heavy atom. The fourth-order valence-electron chi connectivity index (χ4n) is 3.49. The first-order valence-electron chi connectivity index (χ1n) is 8.57. The molecule has 1 aliphatic carbocycles. The molecule has 2 aromatic rings. The third-order valence-electron chi connectivity index (χ3n) is 5.07. The van der Waals surface area contributed by atoms with E-state index < -0.39 is 12.0 Å². The van der Waals surface area contributed by atoms with Crippen molar-refractivity contribution in [3.63, 3.8) is 0 Å². The van der Waals surface area contributed by atoms with E-state index in [1.807, 2.05) is 6.07 Å². The van der Waals surface area contributed by atoms with E-state index in [1.54, 1.807) is 24.3 Å². The van der Waals surface area contributed by atoms with Gasteiger partial charge in [0.25, 0.3) is 11.8 Å². The van der Waals surface area contributed by atoms with Crippen LogP contribution in [0.5, 0.6) is 0 Å². The van der Waals surface area contributed by atoms with Crippen LogP contribution in [0.3, 0.4) is 0 Å². The highest BCUT2D eigenvalue weighted by Gasteiger charge is 2.55. The first-order chi connectivity index (χ1) is 12.6. The van der Waals surface area contributed by atoms with Crippen LogP contribution in [-0.2, 0) is 4.74 Å². The lowest BCUT2D eigenvalue weighted by atomic mass is 10.0. The molecule has 2 fully saturated rings. The molecule has 1 aliphatic heterocycles. The number of carbonyl (C=O) groups excluding carboxylic acids is 2. The SMILES string of the molecule is CNC(=O)c1cc(C(=O)NC2[C@H]3COC[C@@H]23)c(C(O)c2ccccc2)o1. The molecule has 4 rings (SSSR count). The zero-order valence-electron chi connectivity index (χ0n) is 14.3. The Morgan fingerprint density at radius 1 is 1.15 bits per heavy atom. The molecule has 1 saturated heterocycles. The predicted octanol–water partition coefficient (Wildman–Crippen LogP) is 1.10. The van der Waals surface area contributed by atoms with Gasteiger partial charge in [0.15, 0.2) is 11.5 Å². The van der Waals surface area contributed by atoms with Gasteiger partial charge in [-0.05, 0) is 5.56 Å². The maximum absolute atomic E-state index is 12.8. The van der Waals surface area contributed by atoms with Crippen molar-refractivity contribution in [3.05, 3.63) is 59.0 Å². The Morgan fingerprint density at radius 3 is 2.50 bits per heavy atom. The molecule has 1 aromatic heterocycles. The van der Waals surface area contributed by atoms with Gasteiger partial charge in [-0.3, -0.25) is 9.59 Å². The molecule has 0 radical (unpaired) electrons. The second kappa shape index (κ2) is 6.59. The number of amides is 2. The molecule has 2 heterocycles. The second-order valence-electron chi connectivity index (χ2n) is 6.65. The number of benzene rings is 1. The Hall–Kier alpha value is -2.64. The maximum atomic E-state index is 12.8. The fourth-order valence-corrected chi connectivity index (χ4v) is 3.49. The quantitative estimate of drug-likeness (QED) is 0.745. The van der Waals surface area contributed by atoms with Crippen molar-refractivity contribution in [2.24, 2.45) is 11.8 Å².